The fourth-order valence-corrected chi connectivity index (χ4v) is 2.08. The first kappa shape index (κ1) is 18.1. The average Bonchev–Trinajstić information content (AvgIpc) is 2.45. The Hall–Kier alpha value is -2.22. The molecule has 2 aromatic carbocycles. The fraction of sp³-hybridized carbons (Fsp3) is 0.133. The van der Waals surface area contributed by atoms with Crippen molar-refractivity contribution in [3.63, 3.8) is 0 Å². The predicted molar refractivity (Wildman–Crippen MR) is 75.9 cm³/mol. The van der Waals surface area contributed by atoms with E-state index in [1.807, 2.05) is 0 Å². The van der Waals surface area contributed by atoms with Crippen molar-refractivity contribution in [2.75, 3.05) is 5.32 Å². The van der Waals surface area contributed by atoms with Gasteiger partial charge in [-0.05, 0) is 36.4 Å². The third kappa shape index (κ3) is 4.19. The lowest BCUT2D eigenvalue weighted by molar-refractivity contribution is -0.138. The van der Waals surface area contributed by atoms with Crippen LogP contribution >= 0.6 is 11.6 Å². The van der Waals surface area contributed by atoms with Crippen LogP contribution in [0.5, 0.6) is 0 Å². The van der Waals surface area contributed by atoms with Gasteiger partial charge in [0.15, 0.2) is 0 Å². The van der Waals surface area contributed by atoms with Crippen LogP contribution in [-0.2, 0) is 12.4 Å². The van der Waals surface area contributed by atoms with Crippen molar-refractivity contribution in [2.24, 2.45) is 0 Å². The van der Waals surface area contributed by atoms with Gasteiger partial charge in [0.2, 0.25) is 0 Å². The molecule has 0 heterocycles. The summed E-state index contributed by atoms with van der Waals surface area (Å²) in [5, 5.41) is 1.53. The van der Waals surface area contributed by atoms with Crippen LogP contribution in [0, 0.1) is 0 Å². The fourth-order valence-electron chi connectivity index (χ4n) is 1.86. The molecule has 0 aliphatic heterocycles. The van der Waals surface area contributed by atoms with E-state index in [2.05, 4.69) is 5.32 Å². The van der Waals surface area contributed by atoms with Gasteiger partial charge in [-0.3, -0.25) is 4.79 Å². The van der Waals surface area contributed by atoms with E-state index in [-0.39, 0.29) is 11.3 Å². The number of alkyl halides is 6. The maximum atomic E-state index is 12.8. The molecule has 2 rings (SSSR count). The molecule has 0 aliphatic carbocycles. The van der Waals surface area contributed by atoms with Crippen LogP contribution < -0.4 is 5.32 Å². The zero-order chi connectivity index (χ0) is 18.1. The lowest BCUT2D eigenvalue weighted by Gasteiger charge is -2.12. The molecule has 0 saturated carbocycles. The van der Waals surface area contributed by atoms with Gasteiger partial charge in [0.25, 0.3) is 5.91 Å². The normalized spacial score (nSPS) is 12.1. The van der Waals surface area contributed by atoms with Crippen molar-refractivity contribution in [1.29, 1.82) is 0 Å². The summed E-state index contributed by atoms with van der Waals surface area (Å²) in [7, 11) is 0. The second kappa shape index (κ2) is 6.35. The number of anilines is 1. The van der Waals surface area contributed by atoms with Crippen LogP contribution in [0.25, 0.3) is 0 Å². The van der Waals surface area contributed by atoms with Gasteiger partial charge < -0.3 is 5.32 Å². The molecule has 2 aromatic rings. The zero-order valence-corrected chi connectivity index (χ0v) is 12.4. The topological polar surface area (TPSA) is 29.1 Å². The average molecular weight is 368 g/mol. The Morgan fingerprint density at radius 2 is 1.58 bits per heavy atom. The molecule has 1 amide bonds. The van der Waals surface area contributed by atoms with Gasteiger partial charge in [-0.1, -0.05) is 17.7 Å². The van der Waals surface area contributed by atoms with E-state index in [1.54, 1.807) is 0 Å². The molecule has 0 aromatic heterocycles. The number of hydrogen-bond acceptors (Lipinski definition) is 1. The number of rotatable bonds is 2. The molecule has 0 bridgehead atoms. The Morgan fingerprint density at radius 3 is 2.17 bits per heavy atom. The van der Waals surface area contributed by atoms with Crippen molar-refractivity contribution in [3.05, 3.63) is 64.2 Å². The van der Waals surface area contributed by atoms with Gasteiger partial charge in [-0.25, -0.2) is 0 Å². The van der Waals surface area contributed by atoms with Crippen molar-refractivity contribution < 1.29 is 31.1 Å². The van der Waals surface area contributed by atoms with Gasteiger partial charge in [0.1, 0.15) is 0 Å². The highest BCUT2D eigenvalue weighted by Crippen LogP contribution is 2.35. The molecular weight excluding hydrogens is 360 g/mol. The summed E-state index contributed by atoms with van der Waals surface area (Å²) < 4.78 is 76.1. The van der Waals surface area contributed by atoms with Crippen LogP contribution in [0.3, 0.4) is 0 Å². The predicted octanol–water partition coefficient (Wildman–Crippen LogP) is 5.63. The highest BCUT2D eigenvalue weighted by atomic mass is 35.5. The highest BCUT2D eigenvalue weighted by Gasteiger charge is 2.34. The molecule has 0 fully saturated rings. The first-order chi connectivity index (χ1) is 11.0. The molecule has 0 radical (unpaired) electrons. The Kier molecular flexibility index (Phi) is 4.80. The summed E-state index contributed by atoms with van der Waals surface area (Å²) >= 11 is 5.44. The Bertz CT molecular complexity index is 769. The molecule has 0 spiro atoms. The molecule has 2 nitrogen and oxygen atoms in total. The molecule has 1 N–H and O–H groups in total. The summed E-state index contributed by atoms with van der Waals surface area (Å²) in [6, 6.07) is 6.21. The molecule has 24 heavy (non-hydrogen) atoms. The standard InChI is InChI=1S/C15H8ClF6NO/c16-12-5-4-8(6-11(12)15(20,21)22)13(24)23-10-3-1-2-9(7-10)14(17,18)19/h1-7H,(H,23,24). The molecule has 9 heteroatoms. The first-order valence-electron chi connectivity index (χ1n) is 6.34. The van der Waals surface area contributed by atoms with E-state index in [9.17, 15) is 31.1 Å². The number of halogens is 7. The molecule has 0 unspecified atom stereocenters. The third-order valence-corrected chi connectivity index (χ3v) is 3.31. The zero-order valence-electron chi connectivity index (χ0n) is 11.6. The first-order valence-corrected chi connectivity index (χ1v) is 6.71. The van der Waals surface area contributed by atoms with E-state index < -0.39 is 34.4 Å². The van der Waals surface area contributed by atoms with Crippen LogP contribution in [-0.4, -0.2) is 5.91 Å². The van der Waals surface area contributed by atoms with Crippen LogP contribution in [0.15, 0.2) is 42.5 Å². The number of nitrogens with one attached hydrogen (secondary N) is 1. The lowest BCUT2D eigenvalue weighted by atomic mass is 10.1. The quantitative estimate of drug-likeness (QED) is 0.685. The summed E-state index contributed by atoms with van der Waals surface area (Å²) in [5.74, 6) is -0.989. The number of benzene rings is 2. The van der Waals surface area contributed by atoms with E-state index in [0.29, 0.717) is 12.1 Å². The van der Waals surface area contributed by atoms with E-state index in [0.717, 1.165) is 24.3 Å². The minimum Gasteiger partial charge on any atom is -0.322 e. The SMILES string of the molecule is O=C(Nc1cccc(C(F)(F)F)c1)c1ccc(Cl)c(C(F)(F)F)c1. The van der Waals surface area contributed by atoms with Gasteiger partial charge in [0, 0.05) is 11.3 Å². The van der Waals surface area contributed by atoms with E-state index >= 15 is 0 Å². The Balaban J connectivity index is 2.28. The molecule has 0 aliphatic rings. The monoisotopic (exact) mass is 367 g/mol. The van der Waals surface area contributed by atoms with Crippen LogP contribution in [0.4, 0.5) is 32.0 Å². The van der Waals surface area contributed by atoms with Gasteiger partial charge in [-0.2, -0.15) is 26.3 Å². The summed E-state index contributed by atoms with van der Waals surface area (Å²) in [5.41, 5.74) is -2.78. The number of carbonyl (C=O) groups excluding carboxylic acids is 1. The van der Waals surface area contributed by atoms with Crippen LogP contribution in [0.2, 0.25) is 5.02 Å². The molecular formula is C15H8ClF6NO. The van der Waals surface area contributed by atoms with Crippen LogP contribution in [0.1, 0.15) is 21.5 Å². The highest BCUT2D eigenvalue weighted by molar-refractivity contribution is 6.31. The minimum absolute atomic E-state index is 0.196. The van der Waals surface area contributed by atoms with E-state index in [4.69, 9.17) is 11.6 Å². The summed E-state index contributed by atoms with van der Waals surface area (Å²) in [4.78, 5) is 12.0. The van der Waals surface area contributed by atoms with Gasteiger partial charge >= 0.3 is 12.4 Å². The van der Waals surface area contributed by atoms with E-state index in [1.165, 1.54) is 6.07 Å². The smallest absolute Gasteiger partial charge is 0.322 e. The Labute approximate surface area is 137 Å². The molecule has 0 atom stereocenters. The van der Waals surface area contributed by atoms with Crippen molar-refractivity contribution in [1.82, 2.24) is 0 Å². The van der Waals surface area contributed by atoms with Gasteiger partial charge in [0.05, 0.1) is 16.1 Å². The second-order valence-electron chi connectivity index (χ2n) is 4.73. The Morgan fingerprint density at radius 1 is 0.917 bits per heavy atom. The number of amides is 1. The molecule has 128 valence electrons. The van der Waals surface area contributed by atoms with Gasteiger partial charge in [-0.15, -0.1) is 0 Å². The second-order valence-corrected chi connectivity index (χ2v) is 5.13. The summed E-state index contributed by atoms with van der Waals surface area (Å²) in [6.45, 7) is 0. The largest absolute Gasteiger partial charge is 0.417 e. The van der Waals surface area contributed by atoms with Crippen molar-refractivity contribution in [2.45, 2.75) is 12.4 Å². The van der Waals surface area contributed by atoms with Crippen molar-refractivity contribution >= 4 is 23.2 Å². The summed E-state index contributed by atoms with van der Waals surface area (Å²) in [6.07, 6.45) is -9.37. The number of carbonyl (C=O) groups is 1. The minimum atomic E-state index is -4.76. The molecule has 0 saturated heterocycles. The van der Waals surface area contributed by atoms with Crippen molar-refractivity contribution in [3.8, 4) is 0 Å². The maximum Gasteiger partial charge on any atom is 0.417 e. The lowest BCUT2D eigenvalue weighted by Crippen LogP contribution is -2.15. The number of hydrogen-bond donors (Lipinski definition) is 1. The maximum absolute atomic E-state index is 12.8. The third-order valence-electron chi connectivity index (χ3n) is 2.98.